The molecule has 0 N–H and O–H groups in total. The van der Waals surface area contributed by atoms with E-state index in [9.17, 15) is 4.79 Å². The van der Waals surface area contributed by atoms with Gasteiger partial charge < -0.3 is 9.64 Å². The van der Waals surface area contributed by atoms with Crippen molar-refractivity contribution < 1.29 is 9.53 Å². The molecule has 1 aliphatic heterocycles. The molecule has 4 nitrogen and oxygen atoms in total. The van der Waals surface area contributed by atoms with Crippen LogP contribution in [0.3, 0.4) is 0 Å². The molecular weight excluding hydrogens is 336 g/mol. The fourth-order valence-electron chi connectivity index (χ4n) is 3.37. The van der Waals surface area contributed by atoms with Crippen LogP contribution in [0.25, 0.3) is 17.2 Å². The van der Waals surface area contributed by atoms with Crippen LogP contribution in [0.15, 0.2) is 53.5 Å². The Labute approximate surface area is 161 Å². The number of allylic oxidation sites excluding steroid dienone is 1. The van der Waals surface area contributed by atoms with Gasteiger partial charge in [-0.2, -0.15) is 0 Å². The number of amides is 1. The van der Waals surface area contributed by atoms with E-state index in [2.05, 4.69) is 36.0 Å². The molecule has 0 radical (unpaired) electrons. The molecule has 1 atom stereocenters. The van der Waals surface area contributed by atoms with Gasteiger partial charge in [-0.15, -0.1) is 0 Å². The first-order chi connectivity index (χ1) is 13.1. The van der Waals surface area contributed by atoms with E-state index in [0.29, 0.717) is 13.0 Å². The molecular formula is C23H26N2O2. The van der Waals surface area contributed by atoms with Crippen molar-refractivity contribution in [3.8, 4) is 16.9 Å². The minimum atomic E-state index is 0.0723. The average molecular weight is 362 g/mol. The van der Waals surface area contributed by atoms with E-state index in [4.69, 9.17) is 4.74 Å². The third kappa shape index (κ3) is 4.45. The molecule has 1 heterocycles. The monoisotopic (exact) mass is 362 g/mol. The minimum absolute atomic E-state index is 0.0723. The third-order valence-corrected chi connectivity index (χ3v) is 4.84. The first kappa shape index (κ1) is 18.9. The standard InChI is InChI=1S/C23H26N2O2/c1-4-6-18-7-8-19(15-22(18)24-3)17-9-11-20(12-10-17)27-21-13-14-25(16-21)23(26)5-2/h4,6-12,15,21H,3,5,13-14,16H2,1-2H3/b6-4-/t21-/m1/s1. The Morgan fingerprint density at radius 3 is 2.67 bits per heavy atom. The summed E-state index contributed by atoms with van der Waals surface area (Å²) in [4.78, 5) is 17.8. The van der Waals surface area contributed by atoms with E-state index in [1.807, 2.05) is 49.1 Å². The largest absolute Gasteiger partial charge is 0.489 e. The first-order valence-corrected chi connectivity index (χ1v) is 9.43. The number of nitrogens with zero attached hydrogens (tertiary/aromatic N) is 2. The average Bonchev–Trinajstić information content (AvgIpc) is 3.17. The van der Waals surface area contributed by atoms with Gasteiger partial charge in [0.15, 0.2) is 0 Å². The Morgan fingerprint density at radius 1 is 1.26 bits per heavy atom. The molecule has 1 saturated heterocycles. The zero-order valence-electron chi connectivity index (χ0n) is 16.0. The van der Waals surface area contributed by atoms with Crippen molar-refractivity contribution in [3.05, 3.63) is 54.1 Å². The summed E-state index contributed by atoms with van der Waals surface area (Å²) in [6, 6.07) is 14.3. The zero-order chi connectivity index (χ0) is 19.2. The quantitative estimate of drug-likeness (QED) is 0.670. The van der Waals surface area contributed by atoms with Crippen LogP contribution >= 0.6 is 0 Å². The highest BCUT2D eigenvalue weighted by molar-refractivity contribution is 5.76. The second kappa shape index (κ2) is 8.67. The van der Waals surface area contributed by atoms with Crippen molar-refractivity contribution in [1.29, 1.82) is 0 Å². The molecule has 1 amide bonds. The number of benzene rings is 2. The molecule has 0 bridgehead atoms. The number of likely N-dealkylation sites (tertiary alicyclic amines) is 1. The Bertz CT molecular complexity index is 840. The Hall–Kier alpha value is -2.88. The van der Waals surface area contributed by atoms with E-state index >= 15 is 0 Å². The summed E-state index contributed by atoms with van der Waals surface area (Å²) in [7, 11) is 0. The van der Waals surface area contributed by atoms with E-state index in [0.717, 1.165) is 41.1 Å². The highest BCUT2D eigenvalue weighted by Gasteiger charge is 2.26. The van der Waals surface area contributed by atoms with Crippen LogP contribution in [0.2, 0.25) is 0 Å². The van der Waals surface area contributed by atoms with Crippen LogP contribution in [0, 0.1) is 0 Å². The second-order valence-corrected chi connectivity index (χ2v) is 6.68. The van der Waals surface area contributed by atoms with Crippen LogP contribution in [-0.2, 0) is 4.79 Å². The van der Waals surface area contributed by atoms with Gasteiger partial charge in [0.2, 0.25) is 5.91 Å². The van der Waals surface area contributed by atoms with Gasteiger partial charge in [-0.3, -0.25) is 9.79 Å². The predicted octanol–water partition coefficient (Wildman–Crippen LogP) is 5.11. The maximum absolute atomic E-state index is 11.8. The van der Waals surface area contributed by atoms with Gasteiger partial charge in [-0.25, -0.2) is 0 Å². The fraction of sp³-hybridized carbons (Fsp3) is 0.304. The number of aliphatic imine (C=N–C) groups is 1. The lowest BCUT2D eigenvalue weighted by molar-refractivity contribution is -0.130. The summed E-state index contributed by atoms with van der Waals surface area (Å²) in [5.41, 5.74) is 4.13. The van der Waals surface area contributed by atoms with Gasteiger partial charge in [0, 0.05) is 19.4 Å². The van der Waals surface area contributed by atoms with Crippen molar-refractivity contribution in [2.24, 2.45) is 4.99 Å². The molecule has 4 heteroatoms. The van der Waals surface area contributed by atoms with Crippen molar-refractivity contribution >= 4 is 24.4 Å². The molecule has 2 aromatic rings. The van der Waals surface area contributed by atoms with Crippen LogP contribution in [0.5, 0.6) is 5.75 Å². The van der Waals surface area contributed by atoms with Crippen molar-refractivity contribution in [2.75, 3.05) is 13.1 Å². The van der Waals surface area contributed by atoms with Crippen molar-refractivity contribution in [1.82, 2.24) is 4.90 Å². The molecule has 0 spiro atoms. The number of hydrogen-bond acceptors (Lipinski definition) is 3. The topological polar surface area (TPSA) is 41.9 Å². The van der Waals surface area contributed by atoms with Crippen LogP contribution < -0.4 is 4.74 Å². The van der Waals surface area contributed by atoms with Crippen LogP contribution in [-0.4, -0.2) is 36.7 Å². The summed E-state index contributed by atoms with van der Waals surface area (Å²) < 4.78 is 6.06. The van der Waals surface area contributed by atoms with E-state index in [1.165, 1.54) is 0 Å². The summed E-state index contributed by atoms with van der Waals surface area (Å²) in [5, 5.41) is 0. The smallest absolute Gasteiger partial charge is 0.222 e. The molecule has 0 aliphatic carbocycles. The zero-order valence-corrected chi connectivity index (χ0v) is 16.0. The lowest BCUT2D eigenvalue weighted by Gasteiger charge is -2.16. The number of ether oxygens (including phenoxy) is 1. The lowest BCUT2D eigenvalue weighted by atomic mass is 10.0. The van der Waals surface area contributed by atoms with Gasteiger partial charge >= 0.3 is 0 Å². The normalized spacial score (nSPS) is 16.7. The lowest BCUT2D eigenvalue weighted by Crippen LogP contribution is -2.30. The van der Waals surface area contributed by atoms with Gasteiger partial charge in [0.05, 0.1) is 12.2 Å². The number of carbonyl (C=O) groups is 1. The first-order valence-electron chi connectivity index (χ1n) is 9.43. The number of hydrogen-bond donors (Lipinski definition) is 0. The SMILES string of the molecule is C=Nc1cc(-c2ccc(O[C@@H]3CCN(C(=O)CC)C3)cc2)ccc1/C=C\C. The van der Waals surface area contributed by atoms with Gasteiger partial charge in [-0.05, 0) is 48.5 Å². The number of rotatable bonds is 6. The molecule has 0 unspecified atom stereocenters. The maximum Gasteiger partial charge on any atom is 0.222 e. The summed E-state index contributed by atoms with van der Waals surface area (Å²) in [6.45, 7) is 9.02. The molecule has 140 valence electrons. The molecule has 1 fully saturated rings. The molecule has 2 aromatic carbocycles. The summed E-state index contributed by atoms with van der Waals surface area (Å²) >= 11 is 0. The molecule has 3 rings (SSSR count). The fourth-order valence-corrected chi connectivity index (χ4v) is 3.37. The molecule has 1 aliphatic rings. The Balaban J connectivity index is 1.69. The molecule has 0 saturated carbocycles. The Kier molecular flexibility index (Phi) is 6.07. The second-order valence-electron chi connectivity index (χ2n) is 6.68. The van der Waals surface area contributed by atoms with Crippen molar-refractivity contribution in [3.63, 3.8) is 0 Å². The third-order valence-electron chi connectivity index (χ3n) is 4.84. The molecule has 0 aromatic heterocycles. The Morgan fingerprint density at radius 2 is 2.00 bits per heavy atom. The van der Waals surface area contributed by atoms with Crippen LogP contribution in [0.4, 0.5) is 5.69 Å². The van der Waals surface area contributed by atoms with Crippen molar-refractivity contribution in [2.45, 2.75) is 32.8 Å². The van der Waals surface area contributed by atoms with Crippen LogP contribution in [0.1, 0.15) is 32.3 Å². The summed E-state index contributed by atoms with van der Waals surface area (Å²) in [5.74, 6) is 1.03. The molecule has 27 heavy (non-hydrogen) atoms. The van der Waals surface area contributed by atoms with Gasteiger partial charge in [0.25, 0.3) is 0 Å². The maximum atomic E-state index is 11.8. The highest BCUT2D eigenvalue weighted by Crippen LogP contribution is 2.30. The predicted molar refractivity (Wildman–Crippen MR) is 112 cm³/mol. The van der Waals surface area contributed by atoms with E-state index in [1.54, 1.807) is 0 Å². The highest BCUT2D eigenvalue weighted by atomic mass is 16.5. The summed E-state index contributed by atoms with van der Waals surface area (Å²) in [6.07, 6.45) is 5.53. The van der Waals surface area contributed by atoms with E-state index < -0.39 is 0 Å². The van der Waals surface area contributed by atoms with Gasteiger partial charge in [0.1, 0.15) is 11.9 Å². The van der Waals surface area contributed by atoms with E-state index in [-0.39, 0.29) is 12.0 Å². The number of carbonyl (C=O) groups excluding carboxylic acids is 1. The van der Waals surface area contributed by atoms with Gasteiger partial charge in [-0.1, -0.05) is 43.3 Å². The minimum Gasteiger partial charge on any atom is -0.489 e.